The second-order valence-corrected chi connectivity index (χ2v) is 11.8. The Labute approximate surface area is 196 Å². The van der Waals surface area contributed by atoms with Gasteiger partial charge < -0.3 is 15.1 Å². The third-order valence-corrected chi connectivity index (χ3v) is 9.51. The van der Waals surface area contributed by atoms with Gasteiger partial charge in [-0.3, -0.25) is 4.79 Å². The van der Waals surface area contributed by atoms with Crippen molar-refractivity contribution >= 4 is 28.9 Å². The molecule has 3 saturated carbocycles. The van der Waals surface area contributed by atoms with Crippen LogP contribution in [0.5, 0.6) is 0 Å². The topological polar surface area (TPSA) is 77.8 Å². The number of carboxylic acids is 1. The standard InChI is InChI=1S/C26H39NO4S/c1-16-3-7-18(8-4-16)23-15-22(24(32-23)26(30)31)27(20-11-13-21(28)14-12-20)25(29)19-9-5-17(2)6-10-19/h15-21,28H,3-14H2,1-2H3,(H,30,31)/t16?,17-,18?,19-,20-,21-. The first-order chi connectivity index (χ1) is 15.3. The fraction of sp³-hybridized carbons (Fsp3) is 0.769. The number of aromatic carboxylic acids is 1. The normalized spacial score (nSPS) is 33.6. The van der Waals surface area contributed by atoms with Crippen molar-refractivity contribution in [3.05, 3.63) is 15.8 Å². The number of aliphatic hydroxyl groups is 1. The zero-order valence-corrected chi connectivity index (χ0v) is 20.4. The molecule has 3 aliphatic rings. The molecule has 0 unspecified atom stereocenters. The minimum Gasteiger partial charge on any atom is -0.477 e. The highest BCUT2D eigenvalue weighted by Crippen LogP contribution is 2.44. The van der Waals surface area contributed by atoms with E-state index in [1.807, 2.05) is 11.0 Å². The summed E-state index contributed by atoms with van der Waals surface area (Å²) in [6.07, 6.45) is 11.0. The quantitative estimate of drug-likeness (QED) is 0.547. The van der Waals surface area contributed by atoms with Gasteiger partial charge in [-0.15, -0.1) is 11.3 Å². The Morgan fingerprint density at radius 2 is 1.44 bits per heavy atom. The van der Waals surface area contributed by atoms with Crippen molar-refractivity contribution in [2.75, 3.05) is 4.90 Å². The van der Waals surface area contributed by atoms with Gasteiger partial charge in [-0.1, -0.05) is 26.7 Å². The first-order valence-corrected chi connectivity index (χ1v) is 13.5. The summed E-state index contributed by atoms with van der Waals surface area (Å²) in [7, 11) is 0. The van der Waals surface area contributed by atoms with Gasteiger partial charge in [0.25, 0.3) is 0 Å². The van der Waals surface area contributed by atoms with E-state index < -0.39 is 5.97 Å². The van der Waals surface area contributed by atoms with Gasteiger partial charge in [-0.25, -0.2) is 4.79 Å². The Kier molecular flexibility index (Phi) is 7.61. The first-order valence-electron chi connectivity index (χ1n) is 12.7. The molecule has 32 heavy (non-hydrogen) atoms. The lowest BCUT2D eigenvalue weighted by Crippen LogP contribution is -2.47. The van der Waals surface area contributed by atoms with Crippen molar-refractivity contribution in [1.29, 1.82) is 0 Å². The highest BCUT2D eigenvalue weighted by atomic mass is 32.1. The van der Waals surface area contributed by atoms with Gasteiger partial charge in [0, 0.05) is 16.8 Å². The Morgan fingerprint density at radius 3 is 2.00 bits per heavy atom. The van der Waals surface area contributed by atoms with Crippen molar-refractivity contribution in [1.82, 2.24) is 0 Å². The maximum atomic E-state index is 13.9. The van der Waals surface area contributed by atoms with Gasteiger partial charge in [0.1, 0.15) is 4.88 Å². The second kappa shape index (κ2) is 10.3. The molecule has 178 valence electrons. The van der Waals surface area contributed by atoms with Crippen molar-refractivity contribution in [3.8, 4) is 0 Å². The number of hydrogen-bond acceptors (Lipinski definition) is 4. The van der Waals surface area contributed by atoms with Crippen molar-refractivity contribution in [2.24, 2.45) is 17.8 Å². The van der Waals surface area contributed by atoms with Crippen LogP contribution in [-0.4, -0.2) is 34.2 Å². The number of thiophene rings is 1. The van der Waals surface area contributed by atoms with Crippen LogP contribution in [0.25, 0.3) is 0 Å². The highest BCUT2D eigenvalue weighted by molar-refractivity contribution is 7.14. The van der Waals surface area contributed by atoms with E-state index >= 15 is 0 Å². The van der Waals surface area contributed by atoms with Crippen molar-refractivity contribution in [2.45, 2.75) is 109 Å². The number of carboxylic acid groups (broad SMARTS) is 1. The molecule has 5 nitrogen and oxygen atoms in total. The number of aliphatic hydroxyl groups excluding tert-OH is 1. The molecule has 0 aromatic carbocycles. The van der Waals surface area contributed by atoms with Crippen LogP contribution in [0.1, 0.15) is 111 Å². The van der Waals surface area contributed by atoms with Crippen LogP contribution in [0.15, 0.2) is 6.07 Å². The first kappa shape index (κ1) is 23.7. The Hall–Kier alpha value is -1.40. The van der Waals surface area contributed by atoms with Crippen LogP contribution in [0.3, 0.4) is 0 Å². The fourth-order valence-electron chi connectivity index (χ4n) is 5.99. The van der Waals surface area contributed by atoms with Crippen LogP contribution in [0.4, 0.5) is 5.69 Å². The third kappa shape index (κ3) is 5.22. The largest absolute Gasteiger partial charge is 0.477 e. The van der Waals surface area contributed by atoms with Gasteiger partial charge in [0.05, 0.1) is 11.8 Å². The lowest BCUT2D eigenvalue weighted by Gasteiger charge is -2.38. The molecule has 0 atom stereocenters. The molecule has 0 radical (unpaired) electrons. The molecular weight excluding hydrogens is 422 g/mol. The van der Waals surface area contributed by atoms with Crippen LogP contribution in [0.2, 0.25) is 0 Å². The van der Waals surface area contributed by atoms with E-state index in [0.29, 0.717) is 35.2 Å². The lowest BCUT2D eigenvalue weighted by atomic mass is 9.81. The van der Waals surface area contributed by atoms with E-state index in [9.17, 15) is 19.8 Å². The van der Waals surface area contributed by atoms with Crippen molar-refractivity contribution in [3.63, 3.8) is 0 Å². The molecule has 4 rings (SSSR count). The van der Waals surface area contributed by atoms with Gasteiger partial charge in [0.2, 0.25) is 5.91 Å². The number of carbonyl (C=O) groups is 2. The fourth-order valence-corrected chi connectivity index (χ4v) is 7.15. The minimum absolute atomic E-state index is 0.0152. The lowest BCUT2D eigenvalue weighted by molar-refractivity contribution is -0.124. The molecule has 0 aliphatic heterocycles. The van der Waals surface area contributed by atoms with E-state index in [4.69, 9.17) is 0 Å². The SMILES string of the molecule is CC1CCC(c2cc(N(C(=O)[C@H]3CC[C@H](C)CC3)[C@H]3CC[C@H](O)CC3)c(C(=O)O)s2)CC1. The predicted octanol–water partition coefficient (Wildman–Crippen LogP) is 6.20. The van der Waals surface area contributed by atoms with Crippen LogP contribution < -0.4 is 4.90 Å². The summed E-state index contributed by atoms with van der Waals surface area (Å²) in [6.45, 7) is 4.54. The zero-order valence-electron chi connectivity index (χ0n) is 19.6. The molecule has 1 heterocycles. The van der Waals surface area contributed by atoms with E-state index in [2.05, 4.69) is 13.8 Å². The molecule has 3 fully saturated rings. The number of hydrogen-bond donors (Lipinski definition) is 2. The summed E-state index contributed by atoms with van der Waals surface area (Å²) in [5.41, 5.74) is 0.626. The number of carbonyl (C=O) groups excluding carboxylic acids is 1. The maximum absolute atomic E-state index is 13.9. The molecular formula is C26H39NO4S. The summed E-state index contributed by atoms with van der Waals surface area (Å²) in [5.74, 6) is 0.981. The molecule has 1 amide bonds. The zero-order chi connectivity index (χ0) is 22.8. The van der Waals surface area contributed by atoms with Gasteiger partial charge >= 0.3 is 5.97 Å². The number of anilines is 1. The number of amides is 1. The summed E-state index contributed by atoms with van der Waals surface area (Å²) in [4.78, 5) is 29.5. The molecule has 3 aliphatic carbocycles. The van der Waals surface area contributed by atoms with Crippen LogP contribution in [0, 0.1) is 17.8 Å². The molecule has 1 aromatic heterocycles. The third-order valence-electron chi connectivity index (χ3n) is 8.24. The monoisotopic (exact) mass is 461 g/mol. The average Bonchev–Trinajstić information content (AvgIpc) is 3.21. The number of nitrogens with zero attached hydrogens (tertiary/aromatic N) is 1. The van der Waals surface area contributed by atoms with E-state index in [0.717, 1.165) is 62.2 Å². The minimum atomic E-state index is -0.925. The summed E-state index contributed by atoms with van der Waals surface area (Å²) >= 11 is 1.39. The molecule has 0 bridgehead atoms. The Balaban J connectivity index is 1.66. The molecule has 2 N–H and O–H groups in total. The molecule has 0 saturated heterocycles. The number of rotatable bonds is 5. The van der Waals surface area contributed by atoms with Crippen molar-refractivity contribution < 1.29 is 19.8 Å². The second-order valence-electron chi connectivity index (χ2n) is 10.8. The van der Waals surface area contributed by atoms with Gasteiger partial charge in [0.15, 0.2) is 0 Å². The summed E-state index contributed by atoms with van der Waals surface area (Å²) in [5, 5.41) is 20.1. The molecule has 1 aromatic rings. The Bertz CT molecular complexity index is 797. The summed E-state index contributed by atoms with van der Waals surface area (Å²) < 4.78 is 0. The van der Waals surface area contributed by atoms with Crippen LogP contribution >= 0.6 is 11.3 Å². The predicted molar refractivity (Wildman–Crippen MR) is 129 cm³/mol. The Morgan fingerprint density at radius 1 is 0.875 bits per heavy atom. The van der Waals surface area contributed by atoms with Crippen LogP contribution in [-0.2, 0) is 4.79 Å². The summed E-state index contributed by atoms with van der Waals surface area (Å²) in [6, 6.07) is 2.03. The van der Waals surface area contributed by atoms with E-state index in [-0.39, 0.29) is 24.0 Å². The highest BCUT2D eigenvalue weighted by Gasteiger charge is 2.38. The molecule has 6 heteroatoms. The van der Waals surface area contributed by atoms with Gasteiger partial charge in [-0.05, 0) is 88.0 Å². The van der Waals surface area contributed by atoms with Gasteiger partial charge in [-0.2, -0.15) is 0 Å². The van der Waals surface area contributed by atoms with E-state index in [1.165, 1.54) is 24.2 Å². The molecule has 0 spiro atoms. The maximum Gasteiger partial charge on any atom is 0.348 e. The smallest absolute Gasteiger partial charge is 0.348 e. The average molecular weight is 462 g/mol. The van der Waals surface area contributed by atoms with E-state index in [1.54, 1.807) is 0 Å².